The summed E-state index contributed by atoms with van der Waals surface area (Å²) in [5.74, 6) is 0.625. The standard InChI is InChI=1S/C18H36N2O6S/c1-11(19-15(23)25-17(3,4)5)13(21)9-27-10-14(22)12(2)20-16(24)26-18(6,7)8/h11-14,21-22H,9-10H2,1-8H3,(H,19,23)(H,20,24)/t11-,12-,13+,14+/m0/s1. The summed E-state index contributed by atoms with van der Waals surface area (Å²) in [6.45, 7) is 13.9. The van der Waals surface area contributed by atoms with E-state index in [1.165, 1.54) is 11.8 Å². The Kier molecular flexibility index (Phi) is 10.5. The summed E-state index contributed by atoms with van der Waals surface area (Å²) in [5.41, 5.74) is -1.21. The smallest absolute Gasteiger partial charge is 0.407 e. The molecule has 4 N–H and O–H groups in total. The van der Waals surface area contributed by atoms with Gasteiger partial charge in [0.15, 0.2) is 0 Å². The predicted octanol–water partition coefficient (Wildman–Crippen LogP) is 2.27. The zero-order chi connectivity index (χ0) is 21.4. The van der Waals surface area contributed by atoms with E-state index in [1.54, 1.807) is 55.4 Å². The van der Waals surface area contributed by atoms with Crippen molar-refractivity contribution in [3.63, 3.8) is 0 Å². The largest absolute Gasteiger partial charge is 0.444 e. The molecule has 160 valence electrons. The molecule has 0 saturated carbocycles. The molecule has 0 heterocycles. The molecule has 2 amide bonds. The summed E-state index contributed by atoms with van der Waals surface area (Å²) in [7, 11) is 0. The number of aliphatic hydroxyl groups is 2. The molecule has 27 heavy (non-hydrogen) atoms. The zero-order valence-electron chi connectivity index (χ0n) is 17.7. The molecule has 0 aromatic carbocycles. The van der Waals surface area contributed by atoms with Crippen molar-refractivity contribution in [1.29, 1.82) is 0 Å². The van der Waals surface area contributed by atoms with E-state index in [1.807, 2.05) is 0 Å². The molecule has 0 aromatic rings. The van der Waals surface area contributed by atoms with E-state index in [9.17, 15) is 19.8 Å². The lowest BCUT2D eigenvalue weighted by atomic mass is 10.2. The van der Waals surface area contributed by atoms with Crippen molar-refractivity contribution in [3.05, 3.63) is 0 Å². The second kappa shape index (κ2) is 11.0. The van der Waals surface area contributed by atoms with Crippen LogP contribution in [0.2, 0.25) is 0 Å². The average molecular weight is 409 g/mol. The minimum atomic E-state index is -0.802. The fraction of sp³-hybridized carbons (Fsp3) is 0.889. The molecule has 0 aromatic heterocycles. The van der Waals surface area contributed by atoms with E-state index in [0.717, 1.165) is 0 Å². The summed E-state index contributed by atoms with van der Waals surface area (Å²) in [6.07, 6.45) is -2.78. The zero-order valence-corrected chi connectivity index (χ0v) is 18.5. The van der Waals surface area contributed by atoms with E-state index in [0.29, 0.717) is 11.5 Å². The SMILES string of the molecule is C[C@H](NC(=O)OC(C)(C)C)[C@H](O)CSC[C@@H](O)[C@H](C)NC(=O)OC(C)(C)C. The Labute approximate surface area is 166 Å². The third kappa shape index (κ3) is 13.6. The van der Waals surface area contributed by atoms with Crippen LogP contribution < -0.4 is 10.6 Å². The number of ether oxygens (including phenoxy) is 2. The maximum absolute atomic E-state index is 11.7. The molecule has 8 nitrogen and oxygen atoms in total. The molecule has 0 aliphatic heterocycles. The third-order valence-corrected chi connectivity index (χ3v) is 4.37. The van der Waals surface area contributed by atoms with E-state index < -0.39 is 47.7 Å². The summed E-state index contributed by atoms with van der Waals surface area (Å²) in [5, 5.41) is 25.4. The van der Waals surface area contributed by atoms with E-state index >= 15 is 0 Å². The fourth-order valence-electron chi connectivity index (χ4n) is 1.78. The van der Waals surface area contributed by atoms with Gasteiger partial charge in [-0.15, -0.1) is 0 Å². The van der Waals surface area contributed by atoms with Crippen molar-refractivity contribution in [1.82, 2.24) is 10.6 Å². The van der Waals surface area contributed by atoms with E-state index in [4.69, 9.17) is 9.47 Å². The summed E-state index contributed by atoms with van der Waals surface area (Å²) >= 11 is 1.32. The van der Waals surface area contributed by atoms with Gasteiger partial charge in [-0.3, -0.25) is 0 Å². The predicted molar refractivity (Wildman–Crippen MR) is 107 cm³/mol. The van der Waals surface area contributed by atoms with Gasteiger partial charge in [0.05, 0.1) is 24.3 Å². The van der Waals surface area contributed by atoms with Gasteiger partial charge in [0.1, 0.15) is 11.2 Å². The van der Waals surface area contributed by atoms with Crippen LogP contribution in [0.15, 0.2) is 0 Å². The summed E-state index contributed by atoms with van der Waals surface area (Å²) in [4.78, 5) is 23.4. The second-order valence-electron chi connectivity index (χ2n) is 8.54. The van der Waals surface area contributed by atoms with Gasteiger partial charge in [-0.1, -0.05) is 0 Å². The van der Waals surface area contributed by atoms with Crippen molar-refractivity contribution in [2.24, 2.45) is 0 Å². The second-order valence-corrected chi connectivity index (χ2v) is 9.62. The van der Waals surface area contributed by atoms with Crippen LogP contribution in [0, 0.1) is 0 Å². The fourth-order valence-corrected chi connectivity index (χ4v) is 2.97. The molecule has 0 spiro atoms. The van der Waals surface area contributed by atoms with Crippen LogP contribution in [-0.2, 0) is 9.47 Å². The minimum absolute atomic E-state index is 0.313. The van der Waals surface area contributed by atoms with Gasteiger partial charge in [0, 0.05) is 11.5 Å². The van der Waals surface area contributed by atoms with Crippen LogP contribution in [0.1, 0.15) is 55.4 Å². The number of aliphatic hydroxyl groups excluding tert-OH is 2. The first-order chi connectivity index (χ1) is 12.1. The number of rotatable bonds is 8. The third-order valence-electron chi connectivity index (χ3n) is 3.22. The first kappa shape index (κ1) is 25.8. The number of alkyl carbamates (subject to hydrolysis) is 2. The molecule has 4 atom stereocenters. The minimum Gasteiger partial charge on any atom is -0.444 e. The highest BCUT2D eigenvalue weighted by Gasteiger charge is 2.24. The Morgan fingerprint density at radius 1 is 0.815 bits per heavy atom. The summed E-state index contributed by atoms with van der Waals surface area (Å²) in [6, 6.07) is -0.997. The highest BCUT2D eigenvalue weighted by molar-refractivity contribution is 7.99. The van der Waals surface area contributed by atoms with Crippen LogP contribution in [0.4, 0.5) is 9.59 Å². The normalized spacial score (nSPS) is 16.7. The van der Waals surface area contributed by atoms with Crippen LogP contribution in [0.5, 0.6) is 0 Å². The molecule has 0 rings (SSSR count). The lowest BCUT2D eigenvalue weighted by Crippen LogP contribution is -2.45. The van der Waals surface area contributed by atoms with E-state index in [-0.39, 0.29) is 0 Å². The van der Waals surface area contributed by atoms with Gasteiger partial charge in [0.2, 0.25) is 0 Å². The van der Waals surface area contributed by atoms with Crippen molar-refractivity contribution in [3.8, 4) is 0 Å². The van der Waals surface area contributed by atoms with Gasteiger partial charge in [0.25, 0.3) is 0 Å². The number of thioether (sulfide) groups is 1. The first-order valence-corrected chi connectivity index (χ1v) is 10.2. The highest BCUT2D eigenvalue weighted by atomic mass is 32.2. The van der Waals surface area contributed by atoms with Crippen molar-refractivity contribution in [2.75, 3.05) is 11.5 Å². The Bertz CT molecular complexity index is 433. The Balaban J connectivity index is 4.18. The number of hydrogen-bond donors (Lipinski definition) is 4. The molecule has 0 saturated heterocycles. The van der Waals surface area contributed by atoms with Gasteiger partial charge >= 0.3 is 12.2 Å². The number of carbonyl (C=O) groups is 2. The Hall–Kier alpha value is -1.19. The lowest BCUT2D eigenvalue weighted by Gasteiger charge is -2.25. The Morgan fingerprint density at radius 3 is 1.37 bits per heavy atom. The van der Waals surface area contributed by atoms with Crippen molar-refractivity contribution >= 4 is 23.9 Å². The first-order valence-electron chi connectivity index (χ1n) is 9.03. The topological polar surface area (TPSA) is 117 Å². The Morgan fingerprint density at radius 2 is 1.11 bits per heavy atom. The van der Waals surface area contributed by atoms with Crippen LogP contribution in [-0.4, -0.2) is 69.4 Å². The number of nitrogens with one attached hydrogen (secondary N) is 2. The maximum Gasteiger partial charge on any atom is 0.407 e. The molecule has 0 fully saturated rings. The van der Waals surface area contributed by atoms with Crippen LogP contribution in [0.25, 0.3) is 0 Å². The molecule has 9 heteroatoms. The summed E-state index contributed by atoms with van der Waals surface area (Å²) < 4.78 is 10.3. The van der Waals surface area contributed by atoms with Gasteiger partial charge in [-0.05, 0) is 55.4 Å². The molecular formula is C18H36N2O6S. The van der Waals surface area contributed by atoms with Crippen LogP contribution >= 0.6 is 11.8 Å². The van der Waals surface area contributed by atoms with Crippen LogP contribution in [0.3, 0.4) is 0 Å². The molecule has 0 radical (unpaired) electrons. The van der Waals surface area contributed by atoms with Crippen molar-refractivity contribution in [2.45, 2.75) is 90.9 Å². The van der Waals surface area contributed by atoms with Gasteiger partial charge in [-0.25, -0.2) is 9.59 Å². The molecule has 0 bridgehead atoms. The monoisotopic (exact) mass is 408 g/mol. The molecule has 0 unspecified atom stereocenters. The molecular weight excluding hydrogens is 372 g/mol. The lowest BCUT2D eigenvalue weighted by molar-refractivity contribution is 0.0446. The average Bonchev–Trinajstić information content (AvgIpc) is 2.42. The highest BCUT2D eigenvalue weighted by Crippen LogP contribution is 2.12. The maximum atomic E-state index is 11.7. The number of amides is 2. The molecule has 0 aliphatic carbocycles. The van der Waals surface area contributed by atoms with Crippen molar-refractivity contribution < 1.29 is 29.3 Å². The number of carbonyl (C=O) groups excluding carboxylic acids is 2. The molecule has 0 aliphatic rings. The quantitative estimate of drug-likeness (QED) is 0.487. The van der Waals surface area contributed by atoms with E-state index in [2.05, 4.69) is 10.6 Å². The number of hydrogen-bond acceptors (Lipinski definition) is 7. The van der Waals surface area contributed by atoms with Gasteiger partial charge in [-0.2, -0.15) is 11.8 Å². The van der Waals surface area contributed by atoms with Gasteiger partial charge < -0.3 is 30.3 Å².